The van der Waals surface area contributed by atoms with E-state index in [0.29, 0.717) is 5.02 Å². The van der Waals surface area contributed by atoms with Gasteiger partial charge in [-0.1, -0.05) is 72.3 Å². The molecule has 0 saturated carbocycles. The van der Waals surface area contributed by atoms with Crippen LogP contribution < -0.4 is 10.3 Å². The number of rotatable bonds is 5. The second-order valence-corrected chi connectivity index (χ2v) is 9.02. The van der Waals surface area contributed by atoms with Crippen molar-refractivity contribution >= 4 is 45.3 Å². The van der Waals surface area contributed by atoms with Gasteiger partial charge in [0.1, 0.15) is 0 Å². The first kappa shape index (κ1) is 21.4. The maximum atomic E-state index is 6.16. The lowest BCUT2D eigenvalue weighted by atomic mass is 9.98. The standard InChI is InChI=1S/C30H23ClN4/c31-23-14-15-26-27(16-17-32-29(26)19-23)33-24-11-7-10-22(18-24)28-20-30(21-8-3-1-4-9-21)35(34-28)25-12-5-2-6-13-25/h1-19,30H,20H2,(H,32,33). The van der Waals surface area contributed by atoms with Gasteiger partial charge >= 0.3 is 0 Å². The molecule has 35 heavy (non-hydrogen) atoms. The van der Waals surface area contributed by atoms with E-state index in [1.54, 1.807) is 6.20 Å². The van der Waals surface area contributed by atoms with Gasteiger partial charge in [-0.2, -0.15) is 5.10 Å². The number of hydrazone groups is 1. The Morgan fingerprint density at radius 1 is 0.800 bits per heavy atom. The molecule has 0 fully saturated rings. The summed E-state index contributed by atoms with van der Waals surface area (Å²) in [5, 5.41) is 12.5. The third-order valence-corrected chi connectivity index (χ3v) is 6.53. The number of fused-ring (bicyclic) bond motifs is 1. The van der Waals surface area contributed by atoms with E-state index in [-0.39, 0.29) is 6.04 Å². The molecule has 5 aromatic rings. The van der Waals surface area contributed by atoms with E-state index in [9.17, 15) is 0 Å². The predicted octanol–water partition coefficient (Wildman–Crippen LogP) is 7.99. The minimum atomic E-state index is 0.152. The molecule has 170 valence electrons. The van der Waals surface area contributed by atoms with Crippen LogP contribution in [0, 0.1) is 0 Å². The Hall–Kier alpha value is -4.15. The number of anilines is 3. The van der Waals surface area contributed by atoms with Gasteiger partial charge in [0.15, 0.2) is 0 Å². The lowest BCUT2D eigenvalue weighted by Gasteiger charge is -2.23. The number of para-hydroxylation sites is 1. The lowest BCUT2D eigenvalue weighted by Crippen LogP contribution is -2.18. The molecule has 1 atom stereocenters. The molecule has 0 radical (unpaired) electrons. The molecule has 1 aliphatic heterocycles. The van der Waals surface area contributed by atoms with Crippen molar-refractivity contribution in [2.24, 2.45) is 5.10 Å². The number of pyridine rings is 1. The molecular formula is C30H23ClN4. The number of aromatic nitrogens is 1. The molecule has 0 amide bonds. The molecule has 1 unspecified atom stereocenters. The number of hydrogen-bond acceptors (Lipinski definition) is 4. The Morgan fingerprint density at radius 2 is 1.60 bits per heavy atom. The molecule has 1 aliphatic rings. The third kappa shape index (κ3) is 4.36. The second kappa shape index (κ2) is 9.24. The van der Waals surface area contributed by atoms with Gasteiger partial charge in [-0.05, 0) is 59.7 Å². The van der Waals surface area contributed by atoms with Crippen LogP contribution in [-0.2, 0) is 0 Å². The van der Waals surface area contributed by atoms with Crippen molar-refractivity contribution in [3.63, 3.8) is 0 Å². The third-order valence-electron chi connectivity index (χ3n) is 6.30. The molecule has 1 aromatic heterocycles. The monoisotopic (exact) mass is 474 g/mol. The number of halogens is 1. The van der Waals surface area contributed by atoms with E-state index in [4.69, 9.17) is 16.7 Å². The SMILES string of the molecule is Clc1ccc2c(Nc3cccc(C4=NN(c5ccccc5)C(c5ccccc5)C4)c3)ccnc2c1. The lowest BCUT2D eigenvalue weighted by molar-refractivity contribution is 0.709. The minimum Gasteiger partial charge on any atom is -0.355 e. The summed E-state index contributed by atoms with van der Waals surface area (Å²) in [6.45, 7) is 0. The summed E-state index contributed by atoms with van der Waals surface area (Å²) in [6, 6.07) is 37.3. The topological polar surface area (TPSA) is 40.5 Å². The summed E-state index contributed by atoms with van der Waals surface area (Å²) in [4.78, 5) is 4.45. The Morgan fingerprint density at radius 3 is 2.43 bits per heavy atom. The van der Waals surface area contributed by atoms with E-state index >= 15 is 0 Å². The van der Waals surface area contributed by atoms with E-state index in [1.807, 2.05) is 30.3 Å². The molecule has 0 spiro atoms. The molecule has 4 nitrogen and oxygen atoms in total. The van der Waals surface area contributed by atoms with Crippen LogP contribution >= 0.6 is 11.6 Å². The van der Waals surface area contributed by atoms with E-state index in [2.05, 4.69) is 94.2 Å². The van der Waals surface area contributed by atoms with Crippen LogP contribution in [0.5, 0.6) is 0 Å². The van der Waals surface area contributed by atoms with Gasteiger partial charge in [-0.15, -0.1) is 0 Å². The highest BCUT2D eigenvalue weighted by atomic mass is 35.5. The predicted molar refractivity (Wildman–Crippen MR) is 146 cm³/mol. The van der Waals surface area contributed by atoms with Crippen molar-refractivity contribution in [3.05, 3.63) is 132 Å². The van der Waals surface area contributed by atoms with Crippen molar-refractivity contribution in [2.75, 3.05) is 10.3 Å². The van der Waals surface area contributed by atoms with Crippen LogP contribution in [-0.4, -0.2) is 10.7 Å². The molecule has 2 heterocycles. The van der Waals surface area contributed by atoms with Crippen LogP contribution in [0.2, 0.25) is 5.02 Å². The smallest absolute Gasteiger partial charge is 0.0831 e. The molecule has 1 N–H and O–H groups in total. The Kier molecular flexibility index (Phi) is 5.65. The highest BCUT2D eigenvalue weighted by Crippen LogP contribution is 2.37. The van der Waals surface area contributed by atoms with Crippen molar-refractivity contribution in [1.29, 1.82) is 0 Å². The highest BCUT2D eigenvalue weighted by Gasteiger charge is 2.29. The van der Waals surface area contributed by atoms with Gasteiger partial charge in [-0.3, -0.25) is 9.99 Å². The Bertz CT molecular complexity index is 1520. The van der Waals surface area contributed by atoms with Crippen molar-refractivity contribution in [1.82, 2.24) is 4.98 Å². The molecule has 4 aromatic carbocycles. The zero-order chi connectivity index (χ0) is 23.6. The summed E-state index contributed by atoms with van der Waals surface area (Å²) in [7, 11) is 0. The van der Waals surface area contributed by atoms with Gasteiger partial charge in [0.05, 0.1) is 23.0 Å². The Balaban J connectivity index is 1.34. The summed E-state index contributed by atoms with van der Waals surface area (Å²) in [5.41, 5.74) is 7.38. The van der Waals surface area contributed by atoms with Gasteiger partial charge < -0.3 is 5.32 Å². The van der Waals surface area contributed by atoms with Crippen LogP contribution in [0.25, 0.3) is 10.9 Å². The average Bonchev–Trinajstić information content (AvgIpc) is 3.36. The second-order valence-electron chi connectivity index (χ2n) is 8.58. The van der Waals surface area contributed by atoms with Crippen LogP contribution in [0.1, 0.15) is 23.6 Å². The summed E-state index contributed by atoms with van der Waals surface area (Å²) < 4.78 is 0. The van der Waals surface area contributed by atoms with Crippen molar-refractivity contribution in [2.45, 2.75) is 12.5 Å². The van der Waals surface area contributed by atoms with E-state index in [1.165, 1.54) is 5.56 Å². The number of nitrogens with zero attached hydrogens (tertiary/aromatic N) is 3. The first-order valence-electron chi connectivity index (χ1n) is 11.6. The fourth-order valence-corrected chi connectivity index (χ4v) is 4.77. The summed E-state index contributed by atoms with van der Waals surface area (Å²) in [5.74, 6) is 0. The maximum absolute atomic E-state index is 6.16. The molecule has 0 saturated heterocycles. The summed E-state index contributed by atoms with van der Waals surface area (Å²) >= 11 is 6.16. The highest BCUT2D eigenvalue weighted by molar-refractivity contribution is 6.31. The first-order chi connectivity index (χ1) is 17.2. The fourth-order valence-electron chi connectivity index (χ4n) is 4.60. The molecule has 6 rings (SSSR count). The van der Waals surface area contributed by atoms with Crippen molar-refractivity contribution < 1.29 is 0 Å². The molecule has 5 heteroatoms. The molecule has 0 aliphatic carbocycles. The average molecular weight is 475 g/mol. The van der Waals surface area contributed by atoms with Gasteiger partial charge in [0, 0.05) is 34.4 Å². The first-order valence-corrected chi connectivity index (χ1v) is 12.0. The van der Waals surface area contributed by atoms with Gasteiger partial charge in [0.2, 0.25) is 0 Å². The largest absolute Gasteiger partial charge is 0.355 e. The van der Waals surface area contributed by atoms with E-state index in [0.717, 1.165) is 45.7 Å². The summed E-state index contributed by atoms with van der Waals surface area (Å²) in [6.07, 6.45) is 2.63. The quantitative estimate of drug-likeness (QED) is 0.280. The van der Waals surface area contributed by atoms with Crippen LogP contribution in [0.15, 0.2) is 120 Å². The minimum absolute atomic E-state index is 0.152. The van der Waals surface area contributed by atoms with Crippen molar-refractivity contribution in [3.8, 4) is 0 Å². The molecule has 0 bridgehead atoms. The van der Waals surface area contributed by atoms with Crippen LogP contribution in [0.3, 0.4) is 0 Å². The Labute approximate surface area is 209 Å². The van der Waals surface area contributed by atoms with Gasteiger partial charge in [-0.25, -0.2) is 0 Å². The molecular weight excluding hydrogens is 452 g/mol. The normalized spacial score (nSPS) is 15.3. The number of benzene rings is 4. The zero-order valence-corrected chi connectivity index (χ0v) is 19.7. The van der Waals surface area contributed by atoms with Gasteiger partial charge in [0.25, 0.3) is 0 Å². The number of nitrogens with one attached hydrogen (secondary N) is 1. The van der Waals surface area contributed by atoms with E-state index < -0.39 is 0 Å². The fraction of sp³-hybridized carbons (Fsp3) is 0.0667. The van der Waals surface area contributed by atoms with Crippen LogP contribution in [0.4, 0.5) is 17.1 Å². The number of hydrogen-bond donors (Lipinski definition) is 1. The zero-order valence-electron chi connectivity index (χ0n) is 19.0. The maximum Gasteiger partial charge on any atom is 0.0831 e.